The number of hydrogen-bond donors (Lipinski definition) is 9. The van der Waals surface area contributed by atoms with Crippen LogP contribution in [0.2, 0.25) is 0 Å². The quantitative estimate of drug-likeness (QED) is 0.109. The van der Waals surface area contributed by atoms with Gasteiger partial charge in [-0.05, 0) is 73.8 Å². The molecule has 2 aromatic rings. The normalized spacial score (nSPS) is 39.3. The van der Waals surface area contributed by atoms with Crippen LogP contribution < -0.4 is 5.32 Å². The van der Waals surface area contributed by atoms with Gasteiger partial charge < -0.3 is 65.1 Å². The van der Waals surface area contributed by atoms with Crippen molar-refractivity contribution in [2.24, 2.45) is 28.6 Å². The molecular weight excluding hydrogens is 822 g/mol. The van der Waals surface area contributed by atoms with Crippen molar-refractivity contribution < 1.29 is 79.0 Å². The number of ketones is 1. The molecule has 1 heterocycles. The summed E-state index contributed by atoms with van der Waals surface area (Å²) in [5.74, 6) is -6.24. The molecule has 2 bridgehead atoms. The first-order valence-electron chi connectivity index (χ1n) is 21.4. The van der Waals surface area contributed by atoms with Gasteiger partial charge in [-0.3, -0.25) is 9.59 Å². The molecule has 0 spiro atoms. The van der Waals surface area contributed by atoms with Crippen LogP contribution in [0.15, 0.2) is 71.8 Å². The van der Waals surface area contributed by atoms with Crippen molar-refractivity contribution >= 4 is 23.6 Å². The average molecular weight is 882 g/mol. The molecular formula is C46H59NO16. The number of hydrogen-bond acceptors (Lipinski definition) is 16. The lowest BCUT2D eigenvalue weighted by Crippen LogP contribution is -2.75. The minimum atomic E-state index is -1.99. The van der Waals surface area contributed by atoms with Crippen LogP contribution in [0.3, 0.4) is 0 Å². The molecule has 5 aliphatic rings. The van der Waals surface area contributed by atoms with Gasteiger partial charge in [-0.15, -0.1) is 0 Å². The lowest BCUT2D eigenvalue weighted by Gasteiger charge is -2.68. The van der Waals surface area contributed by atoms with Gasteiger partial charge in [-0.25, -0.2) is 9.59 Å². The number of aliphatic hydroxyl groups is 8. The van der Waals surface area contributed by atoms with Crippen LogP contribution >= 0.6 is 0 Å². The number of aliphatic hydroxyl groups excluding tert-OH is 6. The van der Waals surface area contributed by atoms with Gasteiger partial charge in [0.2, 0.25) is 0 Å². The number of benzene rings is 2. The van der Waals surface area contributed by atoms with E-state index in [0.29, 0.717) is 12.0 Å². The van der Waals surface area contributed by atoms with Crippen molar-refractivity contribution in [3.63, 3.8) is 0 Å². The van der Waals surface area contributed by atoms with Crippen molar-refractivity contribution in [3.05, 3.63) is 82.9 Å². The molecule has 9 N–H and O–H groups in total. The number of fused-ring (bicyclic) bond motifs is 5. The van der Waals surface area contributed by atoms with Crippen LogP contribution in [-0.4, -0.2) is 144 Å². The molecule has 344 valence electrons. The Hall–Kier alpha value is -4.14. The van der Waals surface area contributed by atoms with E-state index in [1.54, 1.807) is 81.4 Å². The Morgan fingerprint density at radius 1 is 0.921 bits per heavy atom. The number of rotatable bonds is 11. The van der Waals surface area contributed by atoms with E-state index in [4.69, 9.17) is 18.9 Å². The van der Waals surface area contributed by atoms with Gasteiger partial charge in [0.15, 0.2) is 24.3 Å². The molecule has 0 radical (unpaired) electrons. The third-order valence-electron chi connectivity index (χ3n) is 15.2. The second kappa shape index (κ2) is 17.3. The molecule has 16 atom stereocenters. The monoisotopic (exact) mass is 881 g/mol. The fourth-order valence-corrected chi connectivity index (χ4v) is 11.4. The lowest BCUT2D eigenvalue weighted by atomic mass is 9.39. The van der Waals surface area contributed by atoms with E-state index in [1.165, 1.54) is 13.8 Å². The van der Waals surface area contributed by atoms with Crippen molar-refractivity contribution in [1.29, 1.82) is 0 Å². The van der Waals surface area contributed by atoms with Crippen LogP contribution in [0.4, 0.5) is 0 Å². The highest BCUT2D eigenvalue weighted by atomic mass is 16.7. The largest absolute Gasteiger partial charge is 0.456 e. The summed E-state index contributed by atoms with van der Waals surface area (Å²) >= 11 is 0. The van der Waals surface area contributed by atoms with Crippen LogP contribution in [0.5, 0.6) is 0 Å². The SMILES string of the molecule is CC1=C2C(OC(=O)COC3OC(CO)C(O)C(O)C3O)C(=O)[C@]3(C)C(O)C[C@H]4CCC4(O)C3[C@H](C)C(O)(CC1OC(=O)C(O)C(NC(=O)c1ccccc1)c1ccccc1)C2(C)C. The van der Waals surface area contributed by atoms with Crippen LogP contribution in [0, 0.1) is 28.6 Å². The summed E-state index contributed by atoms with van der Waals surface area (Å²) in [7, 11) is 0. The summed E-state index contributed by atoms with van der Waals surface area (Å²) in [5, 5.41) is 92.6. The number of esters is 2. The van der Waals surface area contributed by atoms with E-state index >= 15 is 4.79 Å². The van der Waals surface area contributed by atoms with E-state index in [0.717, 1.165) is 0 Å². The zero-order chi connectivity index (χ0) is 46.0. The molecule has 4 aliphatic carbocycles. The lowest BCUT2D eigenvalue weighted by molar-refractivity contribution is -0.300. The molecule has 17 heteroatoms. The maximum Gasteiger partial charge on any atom is 0.338 e. The van der Waals surface area contributed by atoms with Crippen LogP contribution in [0.25, 0.3) is 0 Å². The number of ether oxygens (including phenoxy) is 4. The smallest absolute Gasteiger partial charge is 0.338 e. The molecule has 1 amide bonds. The van der Waals surface area contributed by atoms with Crippen LogP contribution in [-0.2, 0) is 33.3 Å². The van der Waals surface area contributed by atoms with E-state index in [2.05, 4.69) is 5.32 Å². The Balaban J connectivity index is 1.26. The summed E-state index contributed by atoms with van der Waals surface area (Å²) in [5.41, 5.74) is -5.87. The first-order chi connectivity index (χ1) is 29.6. The summed E-state index contributed by atoms with van der Waals surface area (Å²) in [4.78, 5) is 56.8. The maximum atomic E-state index is 15.4. The standard InChI is InChI=1S/C46H59NO16/c1-22-27(61-41(57)34(52)32(24-12-8-6-9-13-24)47-40(56)25-14-10-7-11-15-25)19-46(59)23(2)38-44(5,29(49)18-26-16-17-45(26,38)58)39(55)37(31(22)43(46,3)4)63-30(50)21-60-42-36(54)35(53)33(51)28(20-48)62-42/h6-15,23,26-29,32-38,42,48-49,51-54,58-59H,16-21H2,1-5H3,(H,47,56)/t23-,26+,27?,28?,29?,32?,33?,34?,35?,36?,37?,38?,42?,44+,45?,46?/m0/s1. The average Bonchev–Trinajstić information content (AvgIpc) is 3.26. The Labute approximate surface area is 364 Å². The molecule has 7 rings (SSSR count). The van der Waals surface area contributed by atoms with Crippen molar-refractivity contribution in [2.45, 2.75) is 133 Å². The van der Waals surface area contributed by atoms with Gasteiger partial charge in [-0.1, -0.05) is 69.3 Å². The Morgan fingerprint density at radius 2 is 1.56 bits per heavy atom. The molecule has 0 aromatic heterocycles. The summed E-state index contributed by atoms with van der Waals surface area (Å²) in [6.45, 7) is 6.24. The molecule has 63 heavy (non-hydrogen) atoms. The number of Topliss-reactive ketones (excluding diaryl/α,β-unsaturated/α-hetero) is 1. The van der Waals surface area contributed by atoms with E-state index < -0.39 is 138 Å². The molecule has 3 saturated carbocycles. The van der Waals surface area contributed by atoms with Crippen molar-refractivity contribution in [3.8, 4) is 0 Å². The molecule has 2 aromatic carbocycles. The number of carbonyl (C=O) groups is 4. The molecule has 1 saturated heterocycles. The third-order valence-corrected chi connectivity index (χ3v) is 15.2. The molecule has 1 aliphatic heterocycles. The molecule has 17 nitrogen and oxygen atoms in total. The second-order valence-electron chi connectivity index (χ2n) is 18.7. The minimum absolute atomic E-state index is 0.0353. The highest BCUT2D eigenvalue weighted by Gasteiger charge is 2.74. The van der Waals surface area contributed by atoms with E-state index in [1.807, 2.05) is 0 Å². The number of nitrogens with one attached hydrogen (secondary N) is 1. The van der Waals surface area contributed by atoms with Crippen molar-refractivity contribution in [1.82, 2.24) is 5.32 Å². The van der Waals surface area contributed by atoms with Gasteiger partial charge in [0.05, 0.1) is 35.4 Å². The Kier molecular flexibility index (Phi) is 12.9. The first kappa shape index (κ1) is 46.8. The van der Waals surface area contributed by atoms with Crippen molar-refractivity contribution in [2.75, 3.05) is 13.2 Å². The predicted octanol–water partition coefficient (Wildman–Crippen LogP) is 0.383. The van der Waals surface area contributed by atoms with Gasteiger partial charge in [-0.2, -0.15) is 0 Å². The van der Waals surface area contributed by atoms with E-state index in [-0.39, 0.29) is 36.0 Å². The maximum absolute atomic E-state index is 15.4. The number of amides is 1. The highest BCUT2D eigenvalue weighted by Crippen LogP contribution is 2.67. The first-order valence-corrected chi connectivity index (χ1v) is 21.4. The molecule has 13 unspecified atom stereocenters. The predicted molar refractivity (Wildman–Crippen MR) is 219 cm³/mol. The minimum Gasteiger partial charge on any atom is -0.456 e. The fourth-order valence-electron chi connectivity index (χ4n) is 11.4. The zero-order valence-corrected chi connectivity index (χ0v) is 35.9. The van der Waals surface area contributed by atoms with Gasteiger partial charge >= 0.3 is 11.9 Å². The Bertz CT molecular complexity index is 2080. The summed E-state index contributed by atoms with van der Waals surface area (Å²) in [6, 6.07) is 15.2. The Morgan fingerprint density at radius 3 is 2.16 bits per heavy atom. The van der Waals surface area contributed by atoms with E-state index in [9.17, 15) is 55.2 Å². The van der Waals surface area contributed by atoms with Crippen LogP contribution in [0.1, 0.15) is 82.3 Å². The second-order valence-corrected chi connectivity index (χ2v) is 18.7. The number of carbonyl (C=O) groups excluding carboxylic acids is 4. The summed E-state index contributed by atoms with van der Waals surface area (Å²) in [6.07, 6.45) is -14.5. The topological polar surface area (TPSA) is 279 Å². The van der Waals surface area contributed by atoms with Gasteiger partial charge in [0.1, 0.15) is 37.1 Å². The summed E-state index contributed by atoms with van der Waals surface area (Å²) < 4.78 is 22.9. The zero-order valence-electron chi connectivity index (χ0n) is 35.9. The van der Waals surface area contributed by atoms with Gasteiger partial charge in [0.25, 0.3) is 5.91 Å². The highest BCUT2D eigenvalue weighted by molar-refractivity contribution is 5.96. The third kappa shape index (κ3) is 7.73. The molecule has 4 fully saturated rings. The fraction of sp³-hybridized carbons (Fsp3) is 0.609. The van der Waals surface area contributed by atoms with Gasteiger partial charge in [0, 0.05) is 23.3 Å².